The first-order valence-corrected chi connectivity index (χ1v) is 6.08. The van der Waals surface area contributed by atoms with Crippen molar-refractivity contribution in [1.29, 1.82) is 0 Å². The number of rotatable bonds is 7. The second-order valence-corrected chi connectivity index (χ2v) is 4.33. The van der Waals surface area contributed by atoms with Crippen LogP contribution in [-0.2, 0) is 0 Å². The van der Waals surface area contributed by atoms with Crippen molar-refractivity contribution in [3.63, 3.8) is 0 Å². The molecule has 0 aliphatic carbocycles. The molecule has 1 atom stereocenters. The van der Waals surface area contributed by atoms with Crippen LogP contribution in [0.15, 0.2) is 12.1 Å². The fourth-order valence-electron chi connectivity index (χ4n) is 1.90. The molecule has 0 heterocycles. The standard InChI is InChI=1S/C11H13N3O7/c1-2-3-4-10(15)11-8(13(18)19)5-7(12(16)17)6-9(11)14(20)21/h5-6,10,15H,2-4H2,1H3. The molecule has 0 radical (unpaired) electrons. The highest BCUT2D eigenvalue weighted by molar-refractivity contribution is 5.61. The van der Waals surface area contributed by atoms with E-state index in [9.17, 15) is 35.4 Å². The fraction of sp³-hybridized carbons (Fsp3) is 0.455. The van der Waals surface area contributed by atoms with E-state index < -0.39 is 43.5 Å². The van der Waals surface area contributed by atoms with Gasteiger partial charge in [-0.2, -0.15) is 0 Å². The van der Waals surface area contributed by atoms with Gasteiger partial charge in [-0.3, -0.25) is 30.3 Å². The molecule has 1 rings (SSSR count). The van der Waals surface area contributed by atoms with Crippen LogP contribution in [0, 0.1) is 30.3 Å². The molecule has 1 aromatic rings. The van der Waals surface area contributed by atoms with Crippen LogP contribution in [-0.4, -0.2) is 19.9 Å². The van der Waals surface area contributed by atoms with Gasteiger partial charge in [-0.1, -0.05) is 19.8 Å². The molecule has 0 fully saturated rings. The highest BCUT2D eigenvalue weighted by atomic mass is 16.6. The Labute approximate surface area is 118 Å². The monoisotopic (exact) mass is 299 g/mol. The van der Waals surface area contributed by atoms with Crippen LogP contribution in [0.3, 0.4) is 0 Å². The van der Waals surface area contributed by atoms with Crippen molar-refractivity contribution in [3.8, 4) is 0 Å². The maximum absolute atomic E-state index is 11.0. The summed E-state index contributed by atoms with van der Waals surface area (Å²) >= 11 is 0. The summed E-state index contributed by atoms with van der Waals surface area (Å²) in [6.45, 7) is 1.82. The number of aliphatic hydroxyl groups excluding tert-OH is 1. The van der Waals surface area contributed by atoms with E-state index in [2.05, 4.69) is 0 Å². The maximum Gasteiger partial charge on any atom is 0.289 e. The smallest absolute Gasteiger partial charge is 0.289 e. The first-order chi connectivity index (χ1) is 9.79. The Morgan fingerprint density at radius 2 is 1.52 bits per heavy atom. The van der Waals surface area contributed by atoms with Gasteiger partial charge >= 0.3 is 0 Å². The van der Waals surface area contributed by atoms with E-state index in [1.54, 1.807) is 0 Å². The summed E-state index contributed by atoms with van der Waals surface area (Å²) in [5, 5.41) is 42.7. The molecule has 0 saturated carbocycles. The molecule has 1 unspecified atom stereocenters. The van der Waals surface area contributed by atoms with E-state index in [1.165, 1.54) is 0 Å². The van der Waals surface area contributed by atoms with Crippen LogP contribution < -0.4 is 0 Å². The lowest BCUT2D eigenvalue weighted by atomic mass is 9.99. The predicted molar refractivity (Wildman–Crippen MR) is 70.9 cm³/mol. The highest BCUT2D eigenvalue weighted by Gasteiger charge is 2.34. The molecule has 0 aliphatic heterocycles. The van der Waals surface area contributed by atoms with E-state index in [0.717, 1.165) is 0 Å². The molecule has 10 heteroatoms. The Morgan fingerprint density at radius 1 is 1.05 bits per heavy atom. The Morgan fingerprint density at radius 3 is 1.86 bits per heavy atom. The molecule has 0 amide bonds. The second-order valence-electron chi connectivity index (χ2n) is 4.33. The van der Waals surface area contributed by atoms with E-state index in [-0.39, 0.29) is 6.42 Å². The Bertz CT molecular complexity index is 552. The number of benzene rings is 1. The van der Waals surface area contributed by atoms with Gasteiger partial charge in [-0.15, -0.1) is 0 Å². The van der Waals surface area contributed by atoms with E-state index >= 15 is 0 Å². The zero-order valence-electron chi connectivity index (χ0n) is 11.1. The van der Waals surface area contributed by atoms with Crippen LogP contribution in [0.1, 0.15) is 37.9 Å². The van der Waals surface area contributed by atoms with E-state index in [0.29, 0.717) is 25.0 Å². The molecule has 114 valence electrons. The van der Waals surface area contributed by atoms with Gasteiger partial charge in [-0.25, -0.2) is 0 Å². The maximum atomic E-state index is 11.0. The molecule has 0 saturated heterocycles. The van der Waals surface area contributed by atoms with Gasteiger partial charge in [0.1, 0.15) is 5.56 Å². The van der Waals surface area contributed by atoms with Gasteiger partial charge < -0.3 is 5.11 Å². The first kappa shape index (κ1) is 16.4. The summed E-state index contributed by atoms with van der Waals surface area (Å²) in [6, 6.07) is 1.25. The molecule has 0 aromatic heterocycles. The largest absolute Gasteiger partial charge is 0.388 e. The number of hydrogen-bond donors (Lipinski definition) is 1. The molecule has 0 bridgehead atoms. The molecule has 0 aliphatic rings. The topological polar surface area (TPSA) is 150 Å². The molecule has 0 spiro atoms. The van der Waals surface area contributed by atoms with Crippen molar-refractivity contribution in [1.82, 2.24) is 0 Å². The summed E-state index contributed by atoms with van der Waals surface area (Å²) < 4.78 is 0. The molecule has 1 N–H and O–H groups in total. The van der Waals surface area contributed by atoms with Gasteiger partial charge in [-0.05, 0) is 6.42 Å². The van der Waals surface area contributed by atoms with Crippen molar-refractivity contribution >= 4 is 17.1 Å². The number of aliphatic hydroxyl groups is 1. The van der Waals surface area contributed by atoms with Gasteiger partial charge in [0.05, 0.1) is 33.0 Å². The summed E-state index contributed by atoms with van der Waals surface area (Å²) in [4.78, 5) is 29.8. The minimum atomic E-state index is -1.42. The lowest BCUT2D eigenvalue weighted by molar-refractivity contribution is -0.404. The second kappa shape index (κ2) is 6.70. The molecule has 10 nitrogen and oxygen atoms in total. The number of non-ortho nitro benzene ring substituents is 1. The van der Waals surface area contributed by atoms with Crippen LogP contribution >= 0.6 is 0 Å². The van der Waals surface area contributed by atoms with Crippen LogP contribution in [0.4, 0.5) is 17.1 Å². The van der Waals surface area contributed by atoms with E-state index in [4.69, 9.17) is 0 Å². The van der Waals surface area contributed by atoms with E-state index in [1.807, 2.05) is 6.92 Å². The minimum absolute atomic E-state index is 0.0932. The molecular weight excluding hydrogens is 286 g/mol. The Hall–Kier alpha value is -2.62. The lowest BCUT2D eigenvalue weighted by Gasteiger charge is -2.11. The number of unbranched alkanes of at least 4 members (excludes halogenated alkanes) is 1. The fourth-order valence-corrected chi connectivity index (χ4v) is 1.90. The predicted octanol–water partition coefficient (Wildman–Crippen LogP) is 2.63. The van der Waals surface area contributed by atoms with Gasteiger partial charge in [0.15, 0.2) is 0 Å². The van der Waals surface area contributed by atoms with Crippen molar-refractivity contribution in [3.05, 3.63) is 48.0 Å². The summed E-state index contributed by atoms with van der Waals surface area (Å²) in [6.07, 6.45) is -0.139. The van der Waals surface area contributed by atoms with Crippen LogP contribution in [0.2, 0.25) is 0 Å². The Balaban J connectivity index is 3.53. The van der Waals surface area contributed by atoms with Crippen molar-refractivity contribution in [2.24, 2.45) is 0 Å². The van der Waals surface area contributed by atoms with Gasteiger partial charge in [0, 0.05) is 0 Å². The Kier molecular flexibility index (Phi) is 5.24. The molecular formula is C11H13N3O7. The molecule has 21 heavy (non-hydrogen) atoms. The van der Waals surface area contributed by atoms with Crippen molar-refractivity contribution in [2.45, 2.75) is 32.3 Å². The first-order valence-electron chi connectivity index (χ1n) is 6.08. The zero-order chi connectivity index (χ0) is 16.2. The summed E-state index contributed by atoms with van der Waals surface area (Å²) in [7, 11) is 0. The third-order valence-electron chi connectivity index (χ3n) is 2.89. The van der Waals surface area contributed by atoms with Crippen molar-refractivity contribution < 1.29 is 19.9 Å². The average molecular weight is 299 g/mol. The SMILES string of the molecule is CCCCC(O)c1c([N+](=O)[O-])cc([N+](=O)[O-])cc1[N+](=O)[O-]. The zero-order valence-corrected chi connectivity index (χ0v) is 11.1. The number of nitro benzene ring substituents is 3. The lowest BCUT2D eigenvalue weighted by Crippen LogP contribution is -2.08. The minimum Gasteiger partial charge on any atom is -0.388 e. The molecule has 1 aromatic carbocycles. The van der Waals surface area contributed by atoms with Crippen LogP contribution in [0.25, 0.3) is 0 Å². The summed E-state index contributed by atoms with van der Waals surface area (Å²) in [5.41, 5.74) is -2.90. The van der Waals surface area contributed by atoms with Gasteiger partial charge in [0.25, 0.3) is 17.1 Å². The third-order valence-corrected chi connectivity index (χ3v) is 2.89. The summed E-state index contributed by atoms with van der Waals surface area (Å²) in [5.74, 6) is 0. The quantitative estimate of drug-likeness (QED) is 0.600. The third kappa shape index (κ3) is 3.69. The number of hydrogen-bond acceptors (Lipinski definition) is 7. The van der Waals surface area contributed by atoms with Crippen molar-refractivity contribution in [2.75, 3.05) is 0 Å². The number of nitrogens with zero attached hydrogens (tertiary/aromatic N) is 3. The highest BCUT2D eigenvalue weighted by Crippen LogP contribution is 2.39. The average Bonchev–Trinajstić information content (AvgIpc) is 2.42. The van der Waals surface area contributed by atoms with Crippen LogP contribution in [0.5, 0.6) is 0 Å². The normalized spacial score (nSPS) is 11.9. The van der Waals surface area contributed by atoms with Gasteiger partial charge in [0.2, 0.25) is 0 Å². The number of nitro groups is 3.